The maximum atomic E-state index is 13.6. The quantitative estimate of drug-likeness (QED) is 0.671. The Hall–Kier alpha value is -2.93. The van der Waals surface area contributed by atoms with Crippen LogP contribution in [0.1, 0.15) is 27.8 Å². The minimum atomic E-state index is -1.15. The smallest absolute Gasteiger partial charge is 0.253 e. The number of hydrogen-bond acceptors (Lipinski definition) is 3. The molecular weight excluding hydrogens is 376 g/mol. The minimum Gasteiger partial charge on any atom is -0.497 e. The number of ether oxygens (including phenoxy) is 1. The van der Waals surface area contributed by atoms with Gasteiger partial charge in [0.15, 0.2) is 11.6 Å². The van der Waals surface area contributed by atoms with E-state index in [2.05, 4.69) is 10.3 Å². The van der Waals surface area contributed by atoms with Gasteiger partial charge in [-0.05, 0) is 29.8 Å². The van der Waals surface area contributed by atoms with Crippen molar-refractivity contribution in [3.63, 3.8) is 0 Å². The van der Waals surface area contributed by atoms with E-state index in [4.69, 9.17) is 16.3 Å². The van der Waals surface area contributed by atoms with E-state index in [1.165, 1.54) is 0 Å². The highest BCUT2D eigenvalue weighted by Crippen LogP contribution is 2.25. The highest BCUT2D eigenvalue weighted by atomic mass is 35.5. The number of benzene rings is 2. The summed E-state index contributed by atoms with van der Waals surface area (Å²) in [4.78, 5) is 17.0. The van der Waals surface area contributed by atoms with Crippen molar-refractivity contribution < 1.29 is 18.3 Å². The van der Waals surface area contributed by atoms with Gasteiger partial charge in [-0.25, -0.2) is 13.8 Å². The van der Waals surface area contributed by atoms with Crippen LogP contribution in [0, 0.1) is 11.6 Å². The molecule has 0 spiro atoms. The topological polar surface area (TPSA) is 56.1 Å². The Kier molecular flexibility index (Phi) is 5.41. The molecule has 2 aromatic carbocycles. The average molecular weight is 392 g/mol. The number of nitrogens with one attached hydrogen (secondary N) is 1. The first-order valence-corrected chi connectivity index (χ1v) is 8.35. The highest BCUT2D eigenvalue weighted by Gasteiger charge is 2.23. The lowest BCUT2D eigenvalue weighted by molar-refractivity contribution is 0.0940. The van der Waals surface area contributed by atoms with Crippen LogP contribution < -0.4 is 10.1 Å². The lowest BCUT2D eigenvalue weighted by Gasteiger charge is -2.20. The molecule has 0 bridgehead atoms. The third kappa shape index (κ3) is 3.93. The van der Waals surface area contributed by atoms with Gasteiger partial charge in [0.1, 0.15) is 17.6 Å². The zero-order valence-corrected chi connectivity index (χ0v) is 15.3. The van der Waals surface area contributed by atoms with Crippen LogP contribution in [-0.4, -0.2) is 22.6 Å². The second kappa shape index (κ2) is 7.75. The normalized spacial score (nSPS) is 11.9. The Morgan fingerprint density at radius 1 is 1.22 bits per heavy atom. The number of hydrogen-bond donors (Lipinski definition) is 1. The van der Waals surface area contributed by atoms with Gasteiger partial charge in [-0.15, -0.1) is 0 Å². The largest absolute Gasteiger partial charge is 0.497 e. The van der Waals surface area contributed by atoms with Gasteiger partial charge >= 0.3 is 0 Å². The zero-order valence-electron chi connectivity index (χ0n) is 14.5. The Morgan fingerprint density at radius 3 is 2.48 bits per heavy atom. The first-order valence-electron chi connectivity index (χ1n) is 7.97. The molecule has 5 nitrogen and oxygen atoms in total. The van der Waals surface area contributed by atoms with Crippen LogP contribution in [0.15, 0.2) is 48.8 Å². The number of carbonyl (C=O) groups is 1. The minimum absolute atomic E-state index is 0.164. The second-order valence-electron chi connectivity index (χ2n) is 5.82. The third-order valence-corrected chi connectivity index (χ3v) is 4.41. The molecule has 3 rings (SSSR count). The standard InChI is InChI=1S/C19H16ClF2N3O2/c1-25-8-7-23-18(25)17(11-3-5-12(27-2)6-4-11)24-19(26)13-9-15(21)16(22)10-14(13)20/h3-10,17H,1-2H3,(H,24,26)/t17-/m0/s1. The van der Waals surface area contributed by atoms with Crippen molar-refractivity contribution in [2.24, 2.45) is 7.05 Å². The number of nitrogens with zero attached hydrogens (tertiary/aromatic N) is 2. The lowest BCUT2D eigenvalue weighted by atomic mass is 10.0. The first kappa shape index (κ1) is 18.8. The molecule has 27 heavy (non-hydrogen) atoms. The molecular formula is C19H16ClF2N3O2. The summed E-state index contributed by atoms with van der Waals surface area (Å²) in [5.41, 5.74) is 0.570. The van der Waals surface area contributed by atoms with Crippen molar-refractivity contribution in [1.82, 2.24) is 14.9 Å². The van der Waals surface area contributed by atoms with E-state index in [1.54, 1.807) is 55.4 Å². The summed E-state index contributed by atoms with van der Waals surface area (Å²) < 4.78 is 33.7. The molecule has 1 N–H and O–H groups in total. The van der Waals surface area contributed by atoms with E-state index < -0.39 is 23.6 Å². The van der Waals surface area contributed by atoms with Crippen LogP contribution in [-0.2, 0) is 7.05 Å². The van der Waals surface area contributed by atoms with Crippen LogP contribution in [0.2, 0.25) is 5.02 Å². The van der Waals surface area contributed by atoms with Crippen molar-refractivity contribution in [3.05, 3.63) is 82.4 Å². The van der Waals surface area contributed by atoms with Crippen LogP contribution in [0.4, 0.5) is 8.78 Å². The molecule has 3 aromatic rings. The Morgan fingerprint density at radius 2 is 1.89 bits per heavy atom. The van der Waals surface area contributed by atoms with Gasteiger partial charge in [0.05, 0.1) is 17.7 Å². The van der Waals surface area contributed by atoms with Crippen molar-refractivity contribution in [3.8, 4) is 5.75 Å². The Balaban J connectivity index is 1.97. The van der Waals surface area contributed by atoms with E-state index in [-0.39, 0.29) is 10.6 Å². The number of rotatable bonds is 5. The van der Waals surface area contributed by atoms with Crippen molar-refractivity contribution in [2.45, 2.75) is 6.04 Å². The van der Waals surface area contributed by atoms with Gasteiger partial charge in [0.25, 0.3) is 5.91 Å². The molecule has 140 valence electrons. The fourth-order valence-corrected chi connectivity index (χ4v) is 2.89. The van der Waals surface area contributed by atoms with Crippen LogP contribution >= 0.6 is 11.6 Å². The fraction of sp³-hybridized carbons (Fsp3) is 0.158. The van der Waals surface area contributed by atoms with Crippen LogP contribution in [0.25, 0.3) is 0 Å². The lowest BCUT2D eigenvalue weighted by Crippen LogP contribution is -2.31. The molecule has 1 amide bonds. The number of aryl methyl sites for hydroxylation is 1. The molecule has 0 fully saturated rings. The maximum Gasteiger partial charge on any atom is 0.253 e. The predicted octanol–water partition coefficient (Wildman–Crippen LogP) is 3.88. The molecule has 0 aliphatic rings. The number of methoxy groups -OCH3 is 1. The van der Waals surface area contributed by atoms with Crippen LogP contribution in [0.5, 0.6) is 5.75 Å². The van der Waals surface area contributed by atoms with Gasteiger partial charge in [-0.2, -0.15) is 0 Å². The van der Waals surface area contributed by atoms with E-state index in [1.807, 2.05) is 0 Å². The van der Waals surface area contributed by atoms with Gasteiger partial charge in [0.2, 0.25) is 0 Å². The summed E-state index contributed by atoms with van der Waals surface area (Å²) >= 11 is 5.92. The van der Waals surface area contributed by atoms with Gasteiger partial charge in [0, 0.05) is 19.4 Å². The SMILES string of the molecule is COc1ccc([C@H](NC(=O)c2cc(F)c(F)cc2Cl)c2nccn2C)cc1. The van der Waals surface area contributed by atoms with Crippen molar-refractivity contribution >= 4 is 17.5 Å². The summed E-state index contributed by atoms with van der Waals surface area (Å²) in [6.07, 6.45) is 3.34. The predicted molar refractivity (Wildman–Crippen MR) is 96.9 cm³/mol. The summed E-state index contributed by atoms with van der Waals surface area (Å²) in [6, 6.07) is 7.99. The first-order chi connectivity index (χ1) is 12.9. The zero-order chi connectivity index (χ0) is 19.6. The molecule has 0 aliphatic carbocycles. The maximum absolute atomic E-state index is 13.6. The molecule has 0 unspecified atom stereocenters. The Bertz CT molecular complexity index is 974. The van der Waals surface area contributed by atoms with Crippen LogP contribution in [0.3, 0.4) is 0 Å². The fourth-order valence-electron chi connectivity index (χ4n) is 2.65. The molecule has 1 atom stereocenters. The van der Waals surface area contributed by atoms with Crippen molar-refractivity contribution in [1.29, 1.82) is 0 Å². The monoisotopic (exact) mass is 391 g/mol. The molecule has 1 aromatic heterocycles. The van der Waals surface area contributed by atoms with E-state index >= 15 is 0 Å². The second-order valence-corrected chi connectivity index (χ2v) is 6.23. The highest BCUT2D eigenvalue weighted by molar-refractivity contribution is 6.33. The average Bonchev–Trinajstić information content (AvgIpc) is 3.08. The van der Waals surface area contributed by atoms with Crippen molar-refractivity contribution in [2.75, 3.05) is 7.11 Å². The Labute approximate surface area is 159 Å². The van der Waals surface area contributed by atoms with E-state index in [0.717, 1.165) is 17.7 Å². The summed E-state index contributed by atoms with van der Waals surface area (Å²) in [6.45, 7) is 0. The molecule has 0 aliphatic heterocycles. The van der Waals surface area contributed by atoms with Gasteiger partial charge in [-0.1, -0.05) is 23.7 Å². The summed E-state index contributed by atoms with van der Waals surface area (Å²) in [7, 11) is 3.34. The molecule has 8 heteroatoms. The van der Waals surface area contributed by atoms with Gasteiger partial charge in [-0.3, -0.25) is 4.79 Å². The molecule has 0 radical (unpaired) electrons. The van der Waals surface area contributed by atoms with E-state index in [0.29, 0.717) is 11.6 Å². The number of aromatic nitrogens is 2. The number of imidazole rings is 1. The molecule has 0 saturated carbocycles. The summed E-state index contributed by atoms with van der Waals surface area (Å²) in [5.74, 6) is -1.70. The number of halogens is 3. The summed E-state index contributed by atoms with van der Waals surface area (Å²) in [5, 5.41) is 2.60. The molecule has 0 saturated heterocycles. The third-order valence-electron chi connectivity index (χ3n) is 4.10. The molecule has 1 heterocycles. The van der Waals surface area contributed by atoms with Gasteiger partial charge < -0.3 is 14.6 Å². The number of carbonyl (C=O) groups excluding carboxylic acids is 1. The number of amides is 1. The van der Waals surface area contributed by atoms with E-state index in [9.17, 15) is 13.6 Å².